The molecule has 4 heteroatoms. The highest BCUT2D eigenvalue weighted by Crippen LogP contribution is 2.47. The number of ether oxygens (including phenoxy) is 1. The summed E-state index contributed by atoms with van der Waals surface area (Å²) in [5.74, 6) is -0.329. The fourth-order valence-corrected chi connectivity index (χ4v) is 4.89. The van der Waals surface area contributed by atoms with Crippen LogP contribution in [0.1, 0.15) is 29.6 Å². The van der Waals surface area contributed by atoms with Gasteiger partial charge in [0.2, 0.25) is 0 Å². The van der Waals surface area contributed by atoms with Crippen molar-refractivity contribution in [3.05, 3.63) is 144 Å². The van der Waals surface area contributed by atoms with E-state index in [-0.39, 0.29) is 18.1 Å². The van der Waals surface area contributed by atoms with Crippen LogP contribution in [0.25, 0.3) is 0 Å². The number of hydrogen-bond acceptors (Lipinski definition) is 4. The van der Waals surface area contributed by atoms with Crippen molar-refractivity contribution in [2.45, 2.75) is 18.5 Å². The maximum Gasteiger partial charge on any atom is 0.337 e. The van der Waals surface area contributed by atoms with Gasteiger partial charge < -0.3 is 15.0 Å². The van der Waals surface area contributed by atoms with Crippen LogP contribution in [0.15, 0.2) is 133 Å². The summed E-state index contributed by atoms with van der Waals surface area (Å²) in [6.07, 6.45) is 0.627. The molecule has 1 N–H and O–H groups in total. The molecule has 0 bridgehead atoms. The van der Waals surface area contributed by atoms with Gasteiger partial charge in [-0.3, -0.25) is 0 Å². The van der Waals surface area contributed by atoms with E-state index in [2.05, 4.69) is 58.7 Å². The Balaban J connectivity index is 1.76. The third-order valence-electron chi connectivity index (χ3n) is 6.44. The van der Waals surface area contributed by atoms with E-state index < -0.39 is 0 Å². The number of methoxy groups -OCH3 is 1. The molecule has 0 spiro atoms. The Morgan fingerprint density at radius 2 is 1.26 bits per heavy atom. The molecule has 1 aliphatic heterocycles. The second-order valence-electron chi connectivity index (χ2n) is 8.56. The molecule has 0 saturated carbocycles. The van der Waals surface area contributed by atoms with Crippen LogP contribution in [0.3, 0.4) is 0 Å². The number of hydrogen-bond donors (Lipinski definition) is 1. The second kappa shape index (κ2) is 10.3. The molecule has 35 heavy (non-hydrogen) atoms. The number of carbonyl (C=O) groups excluding carboxylic acids is 1. The lowest BCUT2D eigenvalue weighted by molar-refractivity contribution is -0.136. The fraction of sp³-hybridized carbons (Fsp3) is 0.129. The molecular formula is C31H28N2O2. The smallest absolute Gasteiger partial charge is 0.337 e. The maximum atomic E-state index is 13.4. The van der Waals surface area contributed by atoms with Gasteiger partial charge in [-0.15, -0.1) is 0 Å². The number of nitrogens with zero attached hydrogens (tertiary/aromatic N) is 1. The van der Waals surface area contributed by atoms with Crippen molar-refractivity contribution in [1.82, 2.24) is 0 Å². The standard InChI is InChI=1S/C31H28N2O2/c1-35-31(34)29-27(32-25-18-10-4-11-19-25)22-28(23-14-6-2-7-15-23)33(26-20-12-5-13-21-26)30(29)24-16-8-3-9-17-24/h2-21,28,30,32H,22H2,1H3. The third kappa shape index (κ3) is 4.69. The Labute approximate surface area is 206 Å². The number of anilines is 2. The van der Waals surface area contributed by atoms with E-state index in [1.165, 1.54) is 12.7 Å². The predicted molar refractivity (Wildman–Crippen MR) is 141 cm³/mol. The zero-order valence-electron chi connectivity index (χ0n) is 19.7. The minimum Gasteiger partial charge on any atom is -0.466 e. The second-order valence-corrected chi connectivity index (χ2v) is 8.56. The molecule has 4 aromatic rings. The summed E-state index contributed by atoms with van der Waals surface area (Å²) in [7, 11) is 1.45. The van der Waals surface area contributed by atoms with Crippen LogP contribution in [0.5, 0.6) is 0 Å². The number of esters is 1. The number of nitrogens with one attached hydrogen (secondary N) is 1. The van der Waals surface area contributed by atoms with Crippen molar-refractivity contribution in [3.8, 4) is 0 Å². The van der Waals surface area contributed by atoms with Crippen LogP contribution in [0.2, 0.25) is 0 Å². The minimum atomic E-state index is -0.337. The Bertz CT molecular complexity index is 1290. The van der Waals surface area contributed by atoms with E-state index in [4.69, 9.17) is 4.74 Å². The Morgan fingerprint density at radius 3 is 1.83 bits per heavy atom. The highest BCUT2D eigenvalue weighted by molar-refractivity contribution is 5.93. The summed E-state index contributed by atoms with van der Waals surface area (Å²) in [6.45, 7) is 0. The van der Waals surface area contributed by atoms with Gasteiger partial charge in [-0.05, 0) is 35.4 Å². The monoisotopic (exact) mass is 460 g/mol. The average molecular weight is 461 g/mol. The summed E-state index contributed by atoms with van der Waals surface area (Å²) in [5.41, 5.74) is 5.71. The zero-order valence-corrected chi connectivity index (χ0v) is 19.7. The predicted octanol–water partition coefficient (Wildman–Crippen LogP) is 6.92. The van der Waals surface area contributed by atoms with Crippen molar-refractivity contribution in [2.24, 2.45) is 0 Å². The molecule has 0 radical (unpaired) electrons. The van der Waals surface area contributed by atoms with Crippen LogP contribution in [-0.2, 0) is 9.53 Å². The molecule has 4 nitrogen and oxygen atoms in total. The quantitative estimate of drug-likeness (QED) is 0.317. The van der Waals surface area contributed by atoms with Gasteiger partial charge in [0.15, 0.2) is 0 Å². The van der Waals surface area contributed by atoms with E-state index >= 15 is 0 Å². The van der Waals surface area contributed by atoms with Crippen LogP contribution in [-0.4, -0.2) is 13.1 Å². The van der Waals surface area contributed by atoms with Gasteiger partial charge in [0, 0.05) is 23.5 Å². The van der Waals surface area contributed by atoms with Crippen LogP contribution >= 0.6 is 0 Å². The summed E-state index contributed by atoms with van der Waals surface area (Å²) >= 11 is 0. The average Bonchev–Trinajstić information content (AvgIpc) is 2.94. The number of para-hydroxylation sites is 2. The molecule has 4 aromatic carbocycles. The molecule has 0 aliphatic carbocycles. The highest BCUT2D eigenvalue weighted by Gasteiger charge is 2.41. The number of rotatable bonds is 6. The van der Waals surface area contributed by atoms with Crippen molar-refractivity contribution in [2.75, 3.05) is 17.3 Å². The molecule has 0 fully saturated rings. The highest BCUT2D eigenvalue weighted by atomic mass is 16.5. The van der Waals surface area contributed by atoms with Gasteiger partial charge in [0.05, 0.1) is 24.8 Å². The summed E-state index contributed by atoms with van der Waals surface area (Å²) in [6, 6.07) is 40.7. The SMILES string of the molecule is COC(=O)C1=C(Nc2ccccc2)CC(c2ccccc2)N(c2ccccc2)C1c1ccccc1. The lowest BCUT2D eigenvalue weighted by Gasteiger charge is -2.45. The molecule has 0 aromatic heterocycles. The molecular weight excluding hydrogens is 432 g/mol. The summed E-state index contributed by atoms with van der Waals surface area (Å²) < 4.78 is 5.37. The van der Waals surface area contributed by atoms with Gasteiger partial charge in [-0.1, -0.05) is 97.1 Å². The van der Waals surface area contributed by atoms with Gasteiger partial charge in [-0.2, -0.15) is 0 Å². The van der Waals surface area contributed by atoms with E-state index in [1.807, 2.05) is 72.8 Å². The fourth-order valence-electron chi connectivity index (χ4n) is 4.89. The minimum absolute atomic E-state index is 0.00317. The largest absolute Gasteiger partial charge is 0.466 e. The topological polar surface area (TPSA) is 41.6 Å². The van der Waals surface area contributed by atoms with E-state index in [9.17, 15) is 4.79 Å². The first-order chi connectivity index (χ1) is 17.3. The Kier molecular flexibility index (Phi) is 6.62. The normalized spacial score (nSPS) is 17.7. The molecule has 0 amide bonds. The molecule has 5 rings (SSSR count). The first kappa shape index (κ1) is 22.5. The van der Waals surface area contributed by atoms with Crippen molar-refractivity contribution in [1.29, 1.82) is 0 Å². The molecule has 174 valence electrons. The summed E-state index contributed by atoms with van der Waals surface area (Å²) in [5, 5.41) is 3.57. The maximum absolute atomic E-state index is 13.4. The van der Waals surface area contributed by atoms with Crippen molar-refractivity contribution in [3.63, 3.8) is 0 Å². The van der Waals surface area contributed by atoms with Crippen LogP contribution in [0.4, 0.5) is 11.4 Å². The molecule has 1 aliphatic rings. The lowest BCUT2D eigenvalue weighted by atomic mass is 9.84. The van der Waals surface area contributed by atoms with E-state index in [1.54, 1.807) is 0 Å². The van der Waals surface area contributed by atoms with Gasteiger partial charge in [0.1, 0.15) is 0 Å². The molecule has 2 unspecified atom stereocenters. The summed E-state index contributed by atoms with van der Waals surface area (Å²) in [4.78, 5) is 15.8. The van der Waals surface area contributed by atoms with E-state index in [0.717, 1.165) is 22.6 Å². The van der Waals surface area contributed by atoms with Gasteiger partial charge >= 0.3 is 5.97 Å². The third-order valence-corrected chi connectivity index (χ3v) is 6.44. The van der Waals surface area contributed by atoms with Crippen molar-refractivity contribution >= 4 is 17.3 Å². The molecule has 1 heterocycles. The Morgan fingerprint density at radius 1 is 0.743 bits per heavy atom. The number of carbonyl (C=O) groups is 1. The molecule has 2 atom stereocenters. The molecule has 0 saturated heterocycles. The van der Waals surface area contributed by atoms with Gasteiger partial charge in [-0.25, -0.2) is 4.79 Å². The number of benzene rings is 4. The van der Waals surface area contributed by atoms with Crippen LogP contribution < -0.4 is 10.2 Å². The first-order valence-electron chi connectivity index (χ1n) is 11.8. The van der Waals surface area contributed by atoms with Crippen LogP contribution in [0, 0.1) is 0 Å². The van der Waals surface area contributed by atoms with Crippen molar-refractivity contribution < 1.29 is 9.53 Å². The van der Waals surface area contributed by atoms with E-state index in [0.29, 0.717) is 12.0 Å². The zero-order chi connectivity index (χ0) is 24.0. The lowest BCUT2D eigenvalue weighted by Crippen LogP contribution is -2.41. The first-order valence-corrected chi connectivity index (χ1v) is 11.8. The Hall–Kier alpha value is -4.31. The van der Waals surface area contributed by atoms with Gasteiger partial charge in [0.25, 0.3) is 0 Å².